The third kappa shape index (κ3) is 1.60. The average Bonchev–Trinajstić information content (AvgIpc) is 2.03. The molecule has 0 amide bonds. The maximum absolute atomic E-state index is 10.8. The smallest absolute Gasteiger partial charge is 0.306 e. The summed E-state index contributed by atoms with van der Waals surface area (Å²) in [7, 11) is 0. The van der Waals surface area contributed by atoms with Gasteiger partial charge in [0.15, 0.2) is 0 Å². The van der Waals surface area contributed by atoms with Crippen LogP contribution in [0.25, 0.3) is 0 Å². The molecule has 0 aromatic carbocycles. The molecule has 2 unspecified atom stereocenters. The largest absolute Gasteiger partial charge is 0.481 e. The van der Waals surface area contributed by atoms with Gasteiger partial charge >= 0.3 is 5.97 Å². The van der Waals surface area contributed by atoms with E-state index in [1.54, 1.807) is 0 Å². The van der Waals surface area contributed by atoms with Crippen molar-refractivity contribution in [2.45, 2.75) is 42.6 Å². The van der Waals surface area contributed by atoms with E-state index < -0.39 is 5.97 Å². The molecule has 0 radical (unpaired) electrons. The van der Waals surface area contributed by atoms with Gasteiger partial charge in [-0.05, 0) is 25.7 Å². The molecule has 2 rings (SSSR count). The molecule has 2 bridgehead atoms. The third-order valence-electron chi connectivity index (χ3n) is 2.88. The molecule has 2 heterocycles. The van der Waals surface area contributed by atoms with Crippen LogP contribution in [0.15, 0.2) is 0 Å². The van der Waals surface area contributed by atoms with Crippen LogP contribution in [-0.2, 0) is 4.79 Å². The fourth-order valence-electron chi connectivity index (χ4n) is 2.26. The Balaban J connectivity index is 2.00. The second-order valence-corrected chi connectivity index (χ2v) is 5.42. The van der Waals surface area contributed by atoms with Gasteiger partial charge in [-0.3, -0.25) is 4.79 Å². The summed E-state index contributed by atoms with van der Waals surface area (Å²) in [6.45, 7) is 0. The van der Waals surface area contributed by atoms with Crippen LogP contribution in [0.5, 0.6) is 0 Å². The second kappa shape index (κ2) is 3.29. The van der Waals surface area contributed by atoms with Gasteiger partial charge in [-0.1, -0.05) is 6.42 Å². The highest BCUT2D eigenvalue weighted by atomic mass is 32.2. The van der Waals surface area contributed by atoms with Gasteiger partial charge in [0.2, 0.25) is 0 Å². The molecule has 0 spiro atoms. The molecule has 3 heteroatoms. The Kier molecular flexibility index (Phi) is 2.31. The van der Waals surface area contributed by atoms with Crippen LogP contribution in [0.1, 0.15) is 32.1 Å². The minimum atomic E-state index is -0.577. The fourth-order valence-corrected chi connectivity index (χ4v) is 4.10. The first kappa shape index (κ1) is 8.42. The van der Waals surface area contributed by atoms with Gasteiger partial charge in [0.05, 0.1) is 5.92 Å². The summed E-state index contributed by atoms with van der Waals surface area (Å²) >= 11 is 2.03. The molecule has 0 aliphatic carbocycles. The minimum Gasteiger partial charge on any atom is -0.481 e. The van der Waals surface area contributed by atoms with Crippen molar-refractivity contribution in [2.24, 2.45) is 5.92 Å². The summed E-state index contributed by atoms with van der Waals surface area (Å²) in [5.41, 5.74) is 0. The molecule has 2 saturated heterocycles. The molecule has 2 aliphatic heterocycles. The number of carboxylic acid groups (broad SMARTS) is 1. The number of fused-ring (bicyclic) bond motifs is 2. The van der Waals surface area contributed by atoms with Gasteiger partial charge < -0.3 is 5.11 Å². The van der Waals surface area contributed by atoms with Crippen LogP contribution >= 0.6 is 11.8 Å². The molecule has 2 nitrogen and oxygen atoms in total. The minimum absolute atomic E-state index is 0.0402. The summed E-state index contributed by atoms with van der Waals surface area (Å²) in [4.78, 5) is 10.8. The van der Waals surface area contributed by atoms with Crippen LogP contribution in [0.3, 0.4) is 0 Å². The molecule has 0 saturated carbocycles. The fraction of sp³-hybridized carbons (Fsp3) is 0.889. The van der Waals surface area contributed by atoms with Crippen molar-refractivity contribution in [3.63, 3.8) is 0 Å². The van der Waals surface area contributed by atoms with Crippen molar-refractivity contribution < 1.29 is 9.90 Å². The maximum atomic E-state index is 10.8. The lowest BCUT2D eigenvalue weighted by molar-refractivity contribution is -0.142. The number of rotatable bonds is 1. The van der Waals surface area contributed by atoms with E-state index in [1.807, 2.05) is 11.8 Å². The number of carboxylic acids is 1. The van der Waals surface area contributed by atoms with E-state index in [2.05, 4.69) is 0 Å². The van der Waals surface area contributed by atoms with E-state index in [4.69, 9.17) is 5.11 Å². The number of hydrogen-bond acceptors (Lipinski definition) is 2. The van der Waals surface area contributed by atoms with E-state index in [9.17, 15) is 4.79 Å². The molecule has 1 N–H and O–H groups in total. The van der Waals surface area contributed by atoms with Gasteiger partial charge in [-0.25, -0.2) is 0 Å². The molecule has 12 heavy (non-hydrogen) atoms. The zero-order valence-electron chi connectivity index (χ0n) is 7.03. The lowest BCUT2D eigenvalue weighted by Gasteiger charge is -2.36. The first-order valence-electron chi connectivity index (χ1n) is 4.64. The van der Waals surface area contributed by atoms with Crippen molar-refractivity contribution in [3.8, 4) is 0 Å². The third-order valence-corrected chi connectivity index (χ3v) is 4.51. The first-order valence-corrected chi connectivity index (χ1v) is 5.58. The Bertz CT molecular complexity index is 181. The van der Waals surface area contributed by atoms with Gasteiger partial charge in [0.1, 0.15) is 0 Å². The summed E-state index contributed by atoms with van der Waals surface area (Å²) in [6.07, 6.45) is 5.62. The van der Waals surface area contributed by atoms with Crippen molar-refractivity contribution in [1.82, 2.24) is 0 Å². The van der Waals surface area contributed by atoms with Gasteiger partial charge in [0, 0.05) is 10.5 Å². The summed E-state index contributed by atoms with van der Waals surface area (Å²) in [6, 6.07) is 0. The normalized spacial score (nSPS) is 40.8. The van der Waals surface area contributed by atoms with Crippen LogP contribution in [0.2, 0.25) is 0 Å². The monoisotopic (exact) mass is 186 g/mol. The van der Waals surface area contributed by atoms with E-state index in [-0.39, 0.29) is 5.92 Å². The number of thioether (sulfide) groups is 1. The SMILES string of the molecule is O=C(O)C1CC2CCCC(C1)S2. The standard InChI is InChI=1S/C9H14O2S/c10-9(11)6-4-7-2-1-3-8(5-6)12-7/h6-8H,1-5H2,(H,10,11). The zero-order valence-corrected chi connectivity index (χ0v) is 7.85. The van der Waals surface area contributed by atoms with Crippen LogP contribution in [0, 0.1) is 5.92 Å². The lowest BCUT2D eigenvalue weighted by atomic mass is 9.90. The van der Waals surface area contributed by atoms with E-state index in [1.165, 1.54) is 19.3 Å². The highest BCUT2D eigenvalue weighted by Crippen LogP contribution is 2.43. The molecule has 2 fully saturated rings. The van der Waals surface area contributed by atoms with E-state index >= 15 is 0 Å². The van der Waals surface area contributed by atoms with Gasteiger partial charge in [-0.2, -0.15) is 11.8 Å². The Morgan fingerprint density at radius 1 is 1.25 bits per heavy atom. The average molecular weight is 186 g/mol. The molecular formula is C9H14O2S. The highest BCUT2D eigenvalue weighted by molar-refractivity contribution is 8.00. The molecule has 0 aromatic rings. The lowest BCUT2D eigenvalue weighted by Crippen LogP contribution is -2.32. The summed E-state index contributed by atoms with van der Waals surface area (Å²) in [5, 5.41) is 10.2. The Labute approximate surface area is 76.7 Å². The van der Waals surface area contributed by atoms with Crippen LogP contribution in [0.4, 0.5) is 0 Å². The van der Waals surface area contributed by atoms with E-state index in [0.29, 0.717) is 10.5 Å². The predicted octanol–water partition coefficient (Wildman–Crippen LogP) is 2.14. The molecule has 0 aromatic heterocycles. The Morgan fingerprint density at radius 2 is 1.83 bits per heavy atom. The molecule has 2 atom stereocenters. The zero-order chi connectivity index (χ0) is 8.55. The Morgan fingerprint density at radius 3 is 2.33 bits per heavy atom. The van der Waals surface area contributed by atoms with Crippen molar-refractivity contribution in [2.75, 3.05) is 0 Å². The molecule has 68 valence electrons. The molecular weight excluding hydrogens is 172 g/mol. The molecule has 2 aliphatic rings. The van der Waals surface area contributed by atoms with Crippen LogP contribution < -0.4 is 0 Å². The predicted molar refractivity (Wildman–Crippen MR) is 49.4 cm³/mol. The van der Waals surface area contributed by atoms with Crippen molar-refractivity contribution >= 4 is 17.7 Å². The topological polar surface area (TPSA) is 37.3 Å². The quantitative estimate of drug-likeness (QED) is 0.681. The van der Waals surface area contributed by atoms with Gasteiger partial charge in [0.25, 0.3) is 0 Å². The summed E-state index contributed by atoms with van der Waals surface area (Å²) in [5.74, 6) is -0.617. The van der Waals surface area contributed by atoms with Crippen molar-refractivity contribution in [3.05, 3.63) is 0 Å². The number of aliphatic carboxylic acids is 1. The maximum Gasteiger partial charge on any atom is 0.306 e. The Hall–Kier alpha value is -0.180. The number of hydrogen-bond donors (Lipinski definition) is 1. The first-order chi connectivity index (χ1) is 5.75. The second-order valence-electron chi connectivity index (χ2n) is 3.82. The summed E-state index contributed by atoms with van der Waals surface area (Å²) < 4.78 is 0. The number of carbonyl (C=O) groups is 1. The van der Waals surface area contributed by atoms with Crippen molar-refractivity contribution in [1.29, 1.82) is 0 Å². The van der Waals surface area contributed by atoms with E-state index in [0.717, 1.165) is 12.8 Å². The highest BCUT2D eigenvalue weighted by Gasteiger charge is 2.35. The van der Waals surface area contributed by atoms with Gasteiger partial charge in [-0.15, -0.1) is 0 Å². The van der Waals surface area contributed by atoms with Crippen LogP contribution in [-0.4, -0.2) is 21.6 Å².